The summed E-state index contributed by atoms with van der Waals surface area (Å²) in [5.41, 5.74) is 5.37. The van der Waals surface area contributed by atoms with Gasteiger partial charge in [0.05, 0.1) is 0 Å². The smallest absolute Gasteiger partial charge is 0.0274 e. The highest BCUT2D eigenvalue weighted by atomic mass is 127. The summed E-state index contributed by atoms with van der Waals surface area (Å²) in [7, 11) is 0. The molecule has 0 amide bonds. The van der Waals surface area contributed by atoms with Crippen LogP contribution in [0.2, 0.25) is 0 Å². The molecular weight excluding hydrogens is 268 g/mol. The minimum absolute atomic E-state index is 0. The molecule has 0 radical (unpaired) electrons. The Balaban J connectivity index is 0.000000640. The van der Waals surface area contributed by atoms with Crippen molar-refractivity contribution in [3.05, 3.63) is 19.9 Å². The molecule has 4 heteroatoms. The Bertz CT molecular complexity index is 177. The van der Waals surface area contributed by atoms with E-state index in [1.165, 1.54) is 8.45 Å². The van der Waals surface area contributed by atoms with E-state index in [1.54, 1.807) is 11.3 Å². The highest BCUT2D eigenvalue weighted by Gasteiger charge is 1.91. The van der Waals surface area contributed by atoms with Crippen molar-refractivity contribution in [3.63, 3.8) is 0 Å². The number of hydrogen-bond donors (Lipinski definition) is 1. The second-order valence-electron chi connectivity index (χ2n) is 1.44. The predicted molar refractivity (Wildman–Crippen MR) is 52.2 cm³/mol. The molecular formula is C5H7ClINS. The molecule has 0 unspecified atom stereocenters. The van der Waals surface area contributed by atoms with Crippen molar-refractivity contribution in [2.24, 2.45) is 5.73 Å². The van der Waals surface area contributed by atoms with Gasteiger partial charge in [-0.3, -0.25) is 0 Å². The predicted octanol–water partition coefficient (Wildman–Crippen LogP) is 2.23. The van der Waals surface area contributed by atoms with Gasteiger partial charge in [-0.2, -0.15) is 0 Å². The van der Waals surface area contributed by atoms with Crippen molar-refractivity contribution in [1.29, 1.82) is 0 Å². The molecule has 0 saturated carbocycles. The fourth-order valence-electron chi connectivity index (χ4n) is 0.461. The van der Waals surface area contributed by atoms with E-state index in [9.17, 15) is 0 Å². The maximum absolute atomic E-state index is 5.37. The van der Waals surface area contributed by atoms with Crippen molar-refractivity contribution < 1.29 is 0 Å². The second-order valence-corrected chi connectivity index (χ2v) is 3.68. The minimum atomic E-state index is 0. The number of hydrogen-bond acceptors (Lipinski definition) is 2. The van der Waals surface area contributed by atoms with Gasteiger partial charge in [0.25, 0.3) is 0 Å². The van der Waals surface area contributed by atoms with Gasteiger partial charge in [-0.15, -0.1) is 23.7 Å². The third-order valence-electron chi connectivity index (χ3n) is 0.823. The zero-order valence-electron chi connectivity index (χ0n) is 4.63. The third-order valence-corrected chi connectivity index (χ3v) is 2.83. The van der Waals surface area contributed by atoms with E-state index in [4.69, 9.17) is 5.73 Å². The van der Waals surface area contributed by atoms with Crippen LogP contribution in [0, 0.1) is 3.57 Å². The van der Waals surface area contributed by atoms with Gasteiger partial charge in [0.2, 0.25) is 0 Å². The van der Waals surface area contributed by atoms with E-state index in [0.29, 0.717) is 6.54 Å². The fourth-order valence-corrected chi connectivity index (χ4v) is 2.05. The van der Waals surface area contributed by atoms with Crippen LogP contribution in [0.4, 0.5) is 0 Å². The van der Waals surface area contributed by atoms with Gasteiger partial charge >= 0.3 is 0 Å². The average molecular weight is 276 g/mol. The molecule has 0 aliphatic carbocycles. The lowest BCUT2D eigenvalue weighted by atomic mass is 10.5. The van der Waals surface area contributed by atoms with Gasteiger partial charge in [0.15, 0.2) is 0 Å². The van der Waals surface area contributed by atoms with E-state index in [0.717, 1.165) is 0 Å². The van der Waals surface area contributed by atoms with E-state index < -0.39 is 0 Å². The van der Waals surface area contributed by atoms with Crippen LogP contribution in [0.25, 0.3) is 0 Å². The van der Waals surface area contributed by atoms with Crippen LogP contribution in [-0.4, -0.2) is 0 Å². The molecule has 1 rings (SSSR count). The Morgan fingerprint density at radius 3 is 2.56 bits per heavy atom. The fraction of sp³-hybridized carbons (Fsp3) is 0.200. The lowest BCUT2D eigenvalue weighted by molar-refractivity contribution is 1.11. The van der Waals surface area contributed by atoms with Gasteiger partial charge in [-0.05, 0) is 28.7 Å². The first-order chi connectivity index (χ1) is 3.83. The molecule has 1 aromatic rings. The zero-order chi connectivity index (χ0) is 5.98. The highest BCUT2D eigenvalue weighted by Crippen LogP contribution is 2.14. The van der Waals surface area contributed by atoms with E-state index in [-0.39, 0.29) is 12.4 Å². The molecule has 0 aromatic carbocycles. The maximum Gasteiger partial charge on any atom is 0.0274 e. The number of halogens is 2. The summed E-state index contributed by atoms with van der Waals surface area (Å²) in [6.07, 6.45) is 0. The molecule has 0 aliphatic heterocycles. The van der Waals surface area contributed by atoms with Crippen molar-refractivity contribution in [3.8, 4) is 0 Å². The first-order valence-electron chi connectivity index (χ1n) is 2.26. The molecule has 9 heavy (non-hydrogen) atoms. The van der Waals surface area contributed by atoms with Crippen LogP contribution in [0.15, 0.2) is 11.4 Å². The Hall–Kier alpha value is 0.680. The Morgan fingerprint density at radius 1 is 1.67 bits per heavy atom. The summed E-state index contributed by atoms with van der Waals surface area (Å²) in [5.74, 6) is 0. The molecule has 0 aliphatic rings. The summed E-state index contributed by atoms with van der Waals surface area (Å²) in [5, 5.41) is 2.10. The van der Waals surface area contributed by atoms with E-state index in [1.807, 2.05) is 0 Å². The highest BCUT2D eigenvalue weighted by molar-refractivity contribution is 14.1. The van der Waals surface area contributed by atoms with Crippen molar-refractivity contribution in [1.82, 2.24) is 0 Å². The van der Waals surface area contributed by atoms with Gasteiger partial charge in [-0.1, -0.05) is 0 Å². The normalized spacial score (nSPS) is 8.67. The van der Waals surface area contributed by atoms with Crippen LogP contribution >= 0.6 is 46.3 Å². The van der Waals surface area contributed by atoms with Crippen molar-refractivity contribution in [2.45, 2.75) is 6.54 Å². The van der Waals surface area contributed by atoms with Crippen LogP contribution < -0.4 is 5.73 Å². The molecule has 0 bridgehead atoms. The molecule has 2 N–H and O–H groups in total. The maximum atomic E-state index is 5.37. The minimum Gasteiger partial charge on any atom is -0.326 e. The largest absolute Gasteiger partial charge is 0.326 e. The van der Waals surface area contributed by atoms with Crippen LogP contribution in [0.1, 0.15) is 4.88 Å². The average Bonchev–Trinajstić information content (AvgIpc) is 2.14. The molecule has 0 fully saturated rings. The summed E-state index contributed by atoms with van der Waals surface area (Å²) in [6, 6.07) is 2.10. The monoisotopic (exact) mass is 275 g/mol. The lowest BCUT2D eigenvalue weighted by Crippen LogP contribution is -1.91. The van der Waals surface area contributed by atoms with Gasteiger partial charge in [-0.25, -0.2) is 0 Å². The topological polar surface area (TPSA) is 26.0 Å². The van der Waals surface area contributed by atoms with Crippen LogP contribution in [0.5, 0.6) is 0 Å². The molecule has 0 atom stereocenters. The van der Waals surface area contributed by atoms with Gasteiger partial charge in [0.1, 0.15) is 0 Å². The van der Waals surface area contributed by atoms with Crippen LogP contribution in [0.3, 0.4) is 0 Å². The summed E-state index contributed by atoms with van der Waals surface area (Å²) >= 11 is 4.00. The molecule has 0 saturated heterocycles. The lowest BCUT2D eigenvalue weighted by Gasteiger charge is -1.80. The Labute approximate surface area is 78.2 Å². The molecule has 0 spiro atoms. The number of nitrogens with two attached hydrogens (primary N) is 1. The van der Waals surface area contributed by atoms with Gasteiger partial charge < -0.3 is 5.73 Å². The first kappa shape index (κ1) is 9.68. The summed E-state index contributed by atoms with van der Waals surface area (Å²) in [4.78, 5) is 1.26. The summed E-state index contributed by atoms with van der Waals surface area (Å²) in [6.45, 7) is 0.674. The van der Waals surface area contributed by atoms with E-state index in [2.05, 4.69) is 34.0 Å². The van der Waals surface area contributed by atoms with Gasteiger partial charge in [0, 0.05) is 20.4 Å². The molecule has 1 nitrogen and oxygen atoms in total. The van der Waals surface area contributed by atoms with E-state index >= 15 is 0 Å². The quantitative estimate of drug-likeness (QED) is 0.782. The second kappa shape index (κ2) is 4.49. The van der Waals surface area contributed by atoms with Crippen LogP contribution in [-0.2, 0) is 6.54 Å². The third kappa shape index (κ3) is 2.84. The molecule has 52 valence electrons. The number of thiophene rings is 1. The SMILES string of the molecule is Cl.NCc1cc(I)cs1. The molecule has 1 aromatic heterocycles. The Morgan fingerprint density at radius 2 is 2.33 bits per heavy atom. The number of rotatable bonds is 1. The Kier molecular flexibility index (Phi) is 4.83. The first-order valence-corrected chi connectivity index (χ1v) is 4.22. The summed E-state index contributed by atoms with van der Waals surface area (Å²) < 4.78 is 1.29. The van der Waals surface area contributed by atoms with Crippen molar-refractivity contribution >= 4 is 46.3 Å². The molecule has 1 heterocycles. The standard InChI is InChI=1S/C5H6INS.ClH/c6-4-1-5(2-7)8-3-4;/h1,3H,2,7H2;1H. The zero-order valence-corrected chi connectivity index (χ0v) is 8.42. The van der Waals surface area contributed by atoms with Crippen molar-refractivity contribution in [2.75, 3.05) is 0 Å².